The van der Waals surface area contributed by atoms with Crippen LogP contribution in [-0.4, -0.2) is 37.2 Å². The average molecular weight is 546 g/mol. The molecule has 188 valence electrons. The fourth-order valence-electron chi connectivity index (χ4n) is 4.29. The summed E-state index contributed by atoms with van der Waals surface area (Å²) in [6.07, 6.45) is 2.81. The first-order valence-corrected chi connectivity index (χ1v) is 12.7. The maximum atomic E-state index is 12.6. The van der Waals surface area contributed by atoms with Crippen molar-refractivity contribution in [2.24, 2.45) is 17.8 Å². The lowest BCUT2D eigenvalue weighted by molar-refractivity contribution is -0.159. The lowest BCUT2D eigenvalue weighted by Gasteiger charge is -2.36. The minimum atomic E-state index is -0.719. The summed E-state index contributed by atoms with van der Waals surface area (Å²) in [5.41, 5.74) is 0.753. The van der Waals surface area contributed by atoms with E-state index in [1.807, 2.05) is 12.1 Å². The summed E-state index contributed by atoms with van der Waals surface area (Å²) >= 11 is 3.34. The Morgan fingerprint density at radius 3 is 2.46 bits per heavy atom. The van der Waals surface area contributed by atoms with Crippen molar-refractivity contribution in [2.45, 2.75) is 46.1 Å². The zero-order valence-electron chi connectivity index (χ0n) is 20.3. The Balaban J connectivity index is 1.52. The second-order valence-electron chi connectivity index (χ2n) is 9.27. The van der Waals surface area contributed by atoms with E-state index in [1.54, 1.807) is 30.3 Å². The zero-order chi connectivity index (χ0) is 25.4. The van der Waals surface area contributed by atoms with E-state index in [2.05, 4.69) is 42.0 Å². The van der Waals surface area contributed by atoms with E-state index in [1.165, 1.54) is 6.07 Å². The highest BCUT2D eigenvalue weighted by Crippen LogP contribution is 2.35. The van der Waals surface area contributed by atoms with Crippen LogP contribution in [0.5, 0.6) is 5.75 Å². The SMILES string of the molecule is CC(C)[C@@H]1CC[C@@H](C)C[C@@H]1OC(=O)COC(=O)c1ccccc1OCC(=O)Nc1ccc(Br)cc1. The predicted octanol–water partition coefficient (Wildman–Crippen LogP) is 5.63. The minimum Gasteiger partial charge on any atom is -0.483 e. The highest BCUT2D eigenvalue weighted by molar-refractivity contribution is 9.10. The van der Waals surface area contributed by atoms with Crippen molar-refractivity contribution in [3.63, 3.8) is 0 Å². The molecule has 2 aromatic rings. The molecule has 0 aliphatic heterocycles. The lowest BCUT2D eigenvalue weighted by atomic mass is 9.75. The van der Waals surface area contributed by atoms with Gasteiger partial charge in [0, 0.05) is 10.2 Å². The molecule has 0 spiro atoms. The molecule has 0 unspecified atom stereocenters. The highest BCUT2D eigenvalue weighted by Gasteiger charge is 2.33. The number of halogens is 1. The molecule has 3 atom stereocenters. The van der Waals surface area contributed by atoms with E-state index in [0.717, 1.165) is 23.7 Å². The minimum absolute atomic E-state index is 0.128. The predicted molar refractivity (Wildman–Crippen MR) is 136 cm³/mol. The van der Waals surface area contributed by atoms with Crippen molar-refractivity contribution in [1.29, 1.82) is 0 Å². The summed E-state index contributed by atoms with van der Waals surface area (Å²) in [5, 5.41) is 2.72. The van der Waals surface area contributed by atoms with Gasteiger partial charge in [-0.15, -0.1) is 0 Å². The summed E-state index contributed by atoms with van der Waals surface area (Å²) in [6.45, 7) is 5.66. The van der Waals surface area contributed by atoms with Crippen LogP contribution in [-0.2, 0) is 19.1 Å². The van der Waals surface area contributed by atoms with Gasteiger partial charge < -0.3 is 19.5 Å². The number of amides is 1. The van der Waals surface area contributed by atoms with Gasteiger partial charge in [-0.2, -0.15) is 0 Å². The Kier molecular flexibility index (Phi) is 9.72. The Hall–Kier alpha value is -2.87. The monoisotopic (exact) mass is 545 g/mol. The molecule has 0 aromatic heterocycles. The van der Waals surface area contributed by atoms with Crippen molar-refractivity contribution >= 4 is 39.5 Å². The van der Waals surface area contributed by atoms with Crippen molar-refractivity contribution in [1.82, 2.24) is 0 Å². The van der Waals surface area contributed by atoms with E-state index >= 15 is 0 Å². The van der Waals surface area contributed by atoms with Gasteiger partial charge in [0.05, 0.1) is 0 Å². The number of benzene rings is 2. The van der Waals surface area contributed by atoms with E-state index in [-0.39, 0.29) is 29.9 Å². The van der Waals surface area contributed by atoms with Gasteiger partial charge in [-0.1, -0.05) is 55.3 Å². The number of carbonyl (C=O) groups excluding carboxylic acids is 3. The third kappa shape index (κ3) is 8.09. The van der Waals surface area contributed by atoms with Crippen LogP contribution in [0.4, 0.5) is 5.69 Å². The lowest BCUT2D eigenvalue weighted by Crippen LogP contribution is -2.36. The first-order valence-electron chi connectivity index (χ1n) is 11.9. The number of ether oxygens (including phenoxy) is 3. The van der Waals surface area contributed by atoms with Crippen molar-refractivity contribution in [3.8, 4) is 5.75 Å². The van der Waals surface area contributed by atoms with Crippen molar-refractivity contribution < 1.29 is 28.6 Å². The number of rotatable bonds is 9. The van der Waals surface area contributed by atoms with Crippen molar-refractivity contribution in [2.75, 3.05) is 18.5 Å². The van der Waals surface area contributed by atoms with E-state index < -0.39 is 18.5 Å². The summed E-state index contributed by atoms with van der Waals surface area (Å²) in [5.74, 6) is -0.247. The molecule has 1 saturated carbocycles. The molecule has 2 aromatic carbocycles. The molecule has 0 radical (unpaired) electrons. The summed E-state index contributed by atoms with van der Waals surface area (Å²) in [6, 6.07) is 13.6. The molecule has 1 amide bonds. The van der Waals surface area contributed by atoms with Gasteiger partial charge >= 0.3 is 11.9 Å². The Labute approximate surface area is 214 Å². The molecule has 7 nitrogen and oxygen atoms in total. The van der Waals surface area contributed by atoms with Crippen LogP contribution in [0.3, 0.4) is 0 Å². The van der Waals surface area contributed by atoms with Gasteiger partial charge in [-0.05, 0) is 67.0 Å². The molecule has 1 aliphatic rings. The van der Waals surface area contributed by atoms with Gasteiger partial charge in [0.15, 0.2) is 13.2 Å². The smallest absolute Gasteiger partial charge is 0.344 e. The van der Waals surface area contributed by atoms with Crippen LogP contribution in [0, 0.1) is 17.8 Å². The molecule has 1 N–H and O–H groups in total. The molecule has 8 heteroatoms. The quantitative estimate of drug-likeness (QED) is 0.410. The van der Waals surface area contributed by atoms with Crippen LogP contribution in [0.1, 0.15) is 50.4 Å². The van der Waals surface area contributed by atoms with Gasteiger partial charge in [-0.3, -0.25) is 4.79 Å². The van der Waals surface area contributed by atoms with Crippen LogP contribution < -0.4 is 10.1 Å². The summed E-state index contributed by atoms with van der Waals surface area (Å²) in [7, 11) is 0. The van der Waals surface area contributed by atoms with Crippen LogP contribution >= 0.6 is 15.9 Å². The summed E-state index contributed by atoms with van der Waals surface area (Å²) < 4.78 is 17.4. The Bertz CT molecular complexity index is 1020. The molecule has 35 heavy (non-hydrogen) atoms. The molecule has 0 heterocycles. The third-order valence-electron chi connectivity index (χ3n) is 6.16. The average Bonchev–Trinajstić information content (AvgIpc) is 2.82. The van der Waals surface area contributed by atoms with Crippen LogP contribution in [0.15, 0.2) is 53.0 Å². The Morgan fingerprint density at radius 1 is 1.03 bits per heavy atom. The topological polar surface area (TPSA) is 90.9 Å². The number of carbonyl (C=O) groups is 3. The first kappa shape index (κ1) is 26.7. The van der Waals surface area contributed by atoms with Crippen LogP contribution in [0.2, 0.25) is 0 Å². The van der Waals surface area contributed by atoms with E-state index in [4.69, 9.17) is 14.2 Å². The number of nitrogens with one attached hydrogen (secondary N) is 1. The fourth-order valence-corrected chi connectivity index (χ4v) is 4.55. The van der Waals surface area contributed by atoms with Crippen LogP contribution in [0.25, 0.3) is 0 Å². The number of esters is 2. The molecule has 1 aliphatic carbocycles. The number of hydrogen-bond acceptors (Lipinski definition) is 6. The molecular formula is C27H32BrNO6. The third-order valence-corrected chi connectivity index (χ3v) is 6.69. The molecular weight excluding hydrogens is 514 g/mol. The normalized spacial score (nSPS) is 19.6. The largest absolute Gasteiger partial charge is 0.483 e. The number of anilines is 1. The second kappa shape index (κ2) is 12.7. The van der Waals surface area contributed by atoms with Gasteiger partial charge in [0.2, 0.25) is 0 Å². The molecule has 0 saturated heterocycles. The fraction of sp³-hybridized carbons (Fsp3) is 0.444. The van der Waals surface area contributed by atoms with Gasteiger partial charge in [0.25, 0.3) is 5.91 Å². The number of para-hydroxylation sites is 1. The second-order valence-corrected chi connectivity index (χ2v) is 10.2. The highest BCUT2D eigenvalue weighted by atomic mass is 79.9. The van der Waals surface area contributed by atoms with E-state index in [0.29, 0.717) is 23.4 Å². The summed E-state index contributed by atoms with van der Waals surface area (Å²) in [4.78, 5) is 37.3. The molecule has 1 fully saturated rings. The van der Waals surface area contributed by atoms with Crippen molar-refractivity contribution in [3.05, 3.63) is 58.6 Å². The van der Waals surface area contributed by atoms with Gasteiger partial charge in [0.1, 0.15) is 17.4 Å². The first-order chi connectivity index (χ1) is 16.7. The Morgan fingerprint density at radius 2 is 1.74 bits per heavy atom. The zero-order valence-corrected chi connectivity index (χ0v) is 21.9. The van der Waals surface area contributed by atoms with Gasteiger partial charge in [-0.25, -0.2) is 9.59 Å². The number of hydrogen-bond donors (Lipinski definition) is 1. The standard InChI is InChI=1S/C27H32BrNO6/c1-17(2)21-13-8-18(3)14-24(21)35-26(31)16-34-27(32)22-6-4-5-7-23(22)33-15-25(30)29-20-11-9-19(28)10-12-20/h4-7,9-12,17-18,21,24H,8,13-16H2,1-3H3,(H,29,30)/t18-,21+,24+/m1/s1. The maximum Gasteiger partial charge on any atom is 0.344 e. The molecule has 0 bridgehead atoms. The molecule has 3 rings (SSSR count). The van der Waals surface area contributed by atoms with E-state index in [9.17, 15) is 14.4 Å². The maximum absolute atomic E-state index is 12.6.